The van der Waals surface area contributed by atoms with Gasteiger partial charge in [-0.1, -0.05) is 6.07 Å². The van der Waals surface area contributed by atoms with Crippen molar-refractivity contribution in [2.24, 2.45) is 0 Å². The van der Waals surface area contributed by atoms with Crippen LogP contribution in [0.1, 0.15) is 21.6 Å². The summed E-state index contributed by atoms with van der Waals surface area (Å²) in [5, 5.41) is 6.12. The van der Waals surface area contributed by atoms with Crippen LogP contribution in [0.25, 0.3) is 22.3 Å². The number of halogens is 1. The summed E-state index contributed by atoms with van der Waals surface area (Å²) in [5.41, 5.74) is 5.74. The maximum atomic E-state index is 14.4. The van der Waals surface area contributed by atoms with Crippen molar-refractivity contribution in [3.8, 4) is 22.9 Å². The number of hydrogen-bond acceptors (Lipinski definition) is 6. The van der Waals surface area contributed by atoms with Gasteiger partial charge in [0, 0.05) is 36.0 Å². The minimum absolute atomic E-state index is 0.0598. The summed E-state index contributed by atoms with van der Waals surface area (Å²) in [6.07, 6.45) is 2.33. The van der Waals surface area contributed by atoms with E-state index in [1.165, 1.54) is 13.2 Å². The average molecular weight is 447 g/mol. The van der Waals surface area contributed by atoms with Crippen LogP contribution < -0.4 is 20.1 Å². The second kappa shape index (κ2) is 8.09. The number of H-pyrrole nitrogens is 1. The third kappa shape index (κ3) is 3.42. The minimum Gasteiger partial charge on any atom is -0.492 e. The number of pyridine rings is 2. The molecule has 0 atom stereocenters. The number of rotatable bonds is 5. The molecule has 3 aromatic heterocycles. The number of carbonyl (C=O) groups excluding carboxylic acids is 1. The number of para-hydroxylation sites is 1. The number of nitrogens with zero attached hydrogens (tertiary/aromatic N) is 2. The number of benzene rings is 1. The van der Waals surface area contributed by atoms with Crippen LogP contribution in [0.5, 0.6) is 11.6 Å². The maximum absolute atomic E-state index is 14.4. The van der Waals surface area contributed by atoms with E-state index in [-0.39, 0.29) is 11.7 Å². The molecule has 0 aliphatic carbocycles. The summed E-state index contributed by atoms with van der Waals surface area (Å²) >= 11 is 0. The number of fused-ring (bicyclic) bond motifs is 2. The first-order valence-electron chi connectivity index (χ1n) is 10.4. The molecule has 168 valence electrons. The monoisotopic (exact) mass is 447 g/mol. The van der Waals surface area contributed by atoms with E-state index in [2.05, 4.69) is 25.6 Å². The Labute approximate surface area is 189 Å². The van der Waals surface area contributed by atoms with E-state index in [1.807, 2.05) is 19.1 Å². The average Bonchev–Trinajstić information content (AvgIpc) is 3.17. The normalized spacial score (nSPS) is 12.9. The summed E-state index contributed by atoms with van der Waals surface area (Å²) in [4.78, 5) is 25.4. The van der Waals surface area contributed by atoms with Crippen LogP contribution in [-0.2, 0) is 6.42 Å². The van der Waals surface area contributed by atoms with E-state index in [1.54, 1.807) is 25.4 Å². The number of anilines is 2. The molecule has 0 bridgehead atoms. The smallest absolute Gasteiger partial charge is 0.255 e. The van der Waals surface area contributed by atoms with Gasteiger partial charge in [-0.2, -0.15) is 0 Å². The van der Waals surface area contributed by atoms with Gasteiger partial charge in [-0.05, 0) is 31.2 Å². The fourth-order valence-corrected chi connectivity index (χ4v) is 4.21. The van der Waals surface area contributed by atoms with Crippen LogP contribution in [0.15, 0.2) is 36.5 Å². The fraction of sp³-hybridized carbons (Fsp3) is 0.208. The zero-order valence-corrected chi connectivity index (χ0v) is 18.4. The Morgan fingerprint density at radius 3 is 2.82 bits per heavy atom. The third-order valence-corrected chi connectivity index (χ3v) is 5.72. The number of carbonyl (C=O) groups is 1. The van der Waals surface area contributed by atoms with Crippen molar-refractivity contribution < 1.29 is 18.7 Å². The molecule has 0 saturated heterocycles. The van der Waals surface area contributed by atoms with Crippen molar-refractivity contribution in [3.05, 3.63) is 59.2 Å². The Morgan fingerprint density at radius 2 is 2.03 bits per heavy atom. The molecule has 1 aliphatic rings. The van der Waals surface area contributed by atoms with Gasteiger partial charge in [-0.3, -0.25) is 9.78 Å². The Kier molecular flexibility index (Phi) is 5.08. The minimum atomic E-state index is -0.505. The van der Waals surface area contributed by atoms with Crippen LogP contribution >= 0.6 is 0 Å². The van der Waals surface area contributed by atoms with Gasteiger partial charge in [0.15, 0.2) is 11.6 Å². The zero-order valence-electron chi connectivity index (χ0n) is 18.4. The maximum Gasteiger partial charge on any atom is 0.255 e. The second-order valence-corrected chi connectivity index (χ2v) is 7.72. The van der Waals surface area contributed by atoms with Crippen molar-refractivity contribution in [2.75, 3.05) is 26.1 Å². The quantitative estimate of drug-likeness (QED) is 0.426. The summed E-state index contributed by atoms with van der Waals surface area (Å²) in [5.74, 6) is -0.165. The number of nitrogens with one attached hydrogen (secondary N) is 3. The largest absolute Gasteiger partial charge is 0.492 e. The number of ether oxygens (including phenoxy) is 2. The summed E-state index contributed by atoms with van der Waals surface area (Å²) in [7, 11) is 2.97. The summed E-state index contributed by atoms with van der Waals surface area (Å²) in [6.45, 7) is 2.43. The van der Waals surface area contributed by atoms with Crippen LogP contribution in [0.3, 0.4) is 0 Å². The predicted octanol–water partition coefficient (Wildman–Crippen LogP) is 4.12. The highest BCUT2D eigenvalue weighted by atomic mass is 19.1. The molecule has 0 saturated carbocycles. The molecule has 8 nitrogen and oxygen atoms in total. The van der Waals surface area contributed by atoms with E-state index >= 15 is 0 Å². The molecule has 1 aliphatic heterocycles. The van der Waals surface area contributed by atoms with Gasteiger partial charge in [0.25, 0.3) is 5.91 Å². The van der Waals surface area contributed by atoms with Gasteiger partial charge in [0.1, 0.15) is 5.52 Å². The first-order chi connectivity index (χ1) is 16.0. The van der Waals surface area contributed by atoms with Gasteiger partial charge in [0.2, 0.25) is 5.88 Å². The highest BCUT2D eigenvalue weighted by molar-refractivity contribution is 6.08. The number of amides is 1. The fourth-order valence-electron chi connectivity index (χ4n) is 4.21. The van der Waals surface area contributed by atoms with Crippen molar-refractivity contribution in [1.29, 1.82) is 0 Å². The lowest BCUT2D eigenvalue weighted by Crippen LogP contribution is -2.31. The van der Waals surface area contributed by atoms with Crippen LogP contribution in [-0.4, -0.2) is 41.6 Å². The van der Waals surface area contributed by atoms with Crippen molar-refractivity contribution in [1.82, 2.24) is 20.3 Å². The predicted molar refractivity (Wildman–Crippen MR) is 123 cm³/mol. The van der Waals surface area contributed by atoms with E-state index in [4.69, 9.17) is 9.47 Å². The highest BCUT2D eigenvalue weighted by Crippen LogP contribution is 2.41. The van der Waals surface area contributed by atoms with E-state index in [0.717, 1.165) is 16.8 Å². The Morgan fingerprint density at radius 1 is 1.18 bits per heavy atom. The molecule has 1 amide bonds. The molecule has 33 heavy (non-hydrogen) atoms. The Balaban J connectivity index is 1.76. The van der Waals surface area contributed by atoms with Crippen LogP contribution in [0.2, 0.25) is 0 Å². The lowest BCUT2D eigenvalue weighted by molar-refractivity contribution is 0.0947. The van der Waals surface area contributed by atoms with Crippen LogP contribution in [0, 0.1) is 12.7 Å². The first-order valence-corrected chi connectivity index (χ1v) is 10.4. The number of hydrogen-bond donors (Lipinski definition) is 3. The van der Waals surface area contributed by atoms with Crippen LogP contribution in [0.4, 0.5) is 15.8 Å². The first kappa shape index (κ1) is 20.7. The standard InChI is InChI=1S/C24H22FN5O3/c1-12-11-17-19(30-24(12)33-3)13(7-9-26-17)20-21(18-15(28-20)8-10-27-23(18)31)29-16-6-4-5-14(25)22(16)32-2/h4-7,9,11,28-29H,8,10H2,1-3H3,(H,27,31). The Bertz CT molecular complexity index is 1400. The summed E-state index contributed by atoms with van der Waals surface area (Å²) < 4.78 is 25.1. The zero-order chi connectivity index (χ0) is 23.1. The van der Waals surface area contributed by atoms with Gasteiger partial charge >= 0.3 is 0 Å². The number of aryl methyl sites for hydroxylation is 1. The topological polar surface area (TPSA) is 101 Å². The number of aromatic nitrogens is 3. The van der Waals surface area contributed by atoms with Crippen molar-refractivity contribution in [3.63, 3.8) is 0 Å². The molecule has 9 heteroatoms. The molecule has 5 rings (SSSR count). The lowest BCUT2D eigenvalue weighted by atomic mass is 10.0. The molecule has 0 spiro atoms. The second-order valence-electron chi connectivity index (χ2n) is 7.72. The molecule has 0 fully saturated rings. The van der Waals surface area contributed by atoms with E-state index in [0.29, 0.717) is 52.5 Å². The third-order valence-electron chi connectivity index (χ3n) is 5.72. The van der Waals surface area contributed by atoms with Gasteiger partial charge < -0.3 is 25.1 Å². The Hall–Kier alpha value is -4.14. The molecule has 4 heterocycles. The molecule has 0 radical (unpaired) electrons. The molecule has 1 aromatic carbocycles. The molecule has 4 aromatic rings. The van der Waals surface area contributed by atoms with Gasteiger partial charge in [-0.15, -0.1) is 0 Å². The summed E-state index contributed by atoms with van der Waals surface area (Å²) in [6, 6.07) is 8.33. The van der Waals surface area contributed by atoms with Gasteiger partial charge in [0.05, 0.1) is 42.4 Å². The molecular formula is C24H22FN5O3. The highest BCUT2D eigenvalue weighted by Gasteiger charge is 2.28. The van der Waals surface area contributed by atoms with Crippen molar-refractivity contribution in [2.45, 2.75) is 13.3 Å². The van der Waals surface area contributed by atoms with Crippen molar-refractivity contribution >= 4 is 28.3 Å². The molecular weight excluding hydrogens is 425 g/mol. The number of aromatic amines is 1. The van der Waals surface area contributed by atoms with E-state index in [9.17, 15) is 9.18 Å². The number of methoxy groups -OCH3 is 2. The lowest BCUT2D eigenvalue weighted by Gasteiger charge is -2.17. The SMILES string of the molecule is COc1nc2c(-c3[nH]c4c(c3Nc3cccc(F)c3OC)C(=O)NCC4)ccnc2cc1C. The molecule has 3 N–H and O–H groups in total. The van der Waals surface area contributed by atoms with E-state index < -0.39 is 5.82 Å². The van der Waals surface area contributed by atoms with Gasteiger partial charge in [-0.25, -0.2) is 9.37 Å². The molecule has 0 unspecified atom stereocenters.